The predicted octanol–water partition coefficient (Wildman–Crippen LogP) is 4.80. The third kappa shape index (κ3) is 5.31. The Kier molecular flexibility index (Phi) is 7.33. The number of aryl methyl sites for hydroxylation is 2. The van der Waals surface area contributed by atoms with Crippen molar-refractivity contribution in [3.8, 4) is 5.75 Å². The lowest BCUT2D eigenvalue weighted by atomic mass is 10.2. The second kappa shape index (κ2) is 9.99. The maximum Gasteiger partial charge on any atom is 0.264 e. The summed E-state index contributed by atoms with van der Waals surface area (Å²) in [5.74, 6) is 1.15. The van der Waals surface area contributed by atoms with Crippen molar-refractivity contribution in [2.75, 3.05) is 35.1 Å². The van der Waals surface area contributed by atoms with Crippen LogP contribution in [0.1, 0.15) is 35.7 Å². The van der Waals surface area contributed by atoms with Crippen LogP contribution in [0.2, 0.25) is 0 Å². The molecule has 0 atom stereocenters. The number of hydrogen-bond donors (Lipinski definition) is 2. The van der Waals surface area contributed by atoms with Crippen molar-refractivity contribution in [1.29, 1.82) is 0 Å². The van der Waals surface area contributed by atoms with Crippen molar-refractivity contribution in [3.63, 3.8) is 0 Å². The molecule has 1 amide bonds. The summed E-state index contributed by atoms with van der Waals surface area (Å²) < 4.78 is 40.3. The lowest BCUT2D eigenvalue weighted by molar-refractivity contribution is 0.102. The lowest BCUT2D eigenvalue weighted by Gasteiger charge is -2.25. The van der Waals surface area contributed by atoms with Gasteiger partial charge in [0, 0.05) is 18.8 Å². The number of carbonyl (C=O) groups excluding carboxylic acids is 1. The summed E-state index contributed by atoms with van der Waals surface area (Å²) in [7, 11) is -2.53. The molecule has 1 heterocycles. The summed E-state index contributed by atoms with van der Waals surface area (Å²) in [5, 5.41) is 2.78. The zero-order chi connectivity index (χ0) is 24.2. The number of carbonyl (C=O) groups is 1. The standard InChI is InChI=1S/C24H29N3O5S/c1-6-27(7-2)21-13-12-18(25-24(28)19-14-16(3)32-17(19)4)15-23(21)33(29,30)26-20-10-8-9-11-22(20)31-5/h8-15,26H,6-7H2,1-5H3,(H,25,28). The highest BCUT2D eigenvalue weighted by atomic mass is 32.2. The molecule has 0 saturated carbocycles. The van der Waals surface area contributed by atoms with Crippen LogP contribution in [0.3, 0.4) is 0 Å². The molecule has 3 aromatic rings. The quantitative estimate of drug-likeness (QED) is 0.465. The largest absolute Gasteiger partial charge is 0.495 e. The summed E-state index contributed by atoms with van der Waals surface area (Å²) in [4.78, 5) is 14.7. The summed E-state index contributed by atoms with van der Waals surface area (Å²) in [6.07, 6.45) is 0. The third-order valence-corrected chi connectivity index (χ3v) is 6.64. The van der Waals surface area contributed by atoms with E-state index in [0.29, 0.717) is 53.0 Å². The van der Waals surface area contributed by atoms with Crippen LogP contribution in [-0.4, -0.2) is 34.5 Å². The highest BCUT2D eigenvalue weighted by molar-refractivity contribution is 7.93. The van der Waals surface area contributed by atoms with E-state index < -0.39 is 10.0 Å². The molecular weight excluding hydrogens is 442 g/mol. The molecule has 0 saturated heterocycles. The van der Waals surface area contributed by atoms with E-state index in [1.165, 1.54) is 13.2 Å². The topological polar surface area (TPSA) is 101 Å². The van der Waals surface area contributed by atoms with Crippen LogP contribution >= 0.6 is 0 Å². The van der Waals surface area contributed by atoms with Crippen molar-refractivity contribution in [2.24, 2.45) is 0 Å². The van der Waals surface area contributed by atoms with Crippen LogP contribution in [0.15, 0.2) is 57.8 Å². The van der Waals surface area contributed by atoms with Crippen molar-refractivity contribution in [1.82, 2.24) is 0 Å². The number of amides is 1. The second-order valence-electron chi connectivity index (χ2n) is 7.44. The monoisotopic (exact) mass is 471 g/mol. The van der Waals surface area contributed by atoms with Gasteiger partial charge >= 0.3 is 0 Å². The van der Waals surface area contributed by atoms with Crippen molar-refractivity contribution in [3.05, 3.63) is 65.6 Å². The Morgan fingerprint density at radius 3 is 2.36 bits per heavy atom. The van der Waals surface area contributed by atoms with Gasteiger partial charge in [0.2, 0.25) is 0 Å². The molecule has 0 aliphatic carbocycles. The van der Waals surface area contributed by atoms with Gasteiger partial charge in [-0.05, 0) is 64.1 Å². The summed E-state index contributed by atoms with van der Waals surface area (Å²) >= 11 is 0. The predicted molar refractivity (Wildman–Crippen MR) is 130 cm³/mol. The van der Waals surface area contributed by atoms with Crippen molar-refractivity contribution in [2.45, 2.75) is 32.6 Å². The van der Waals surface area contributed by atoms with Gasteiger partial charge in [-0.25, -0.2) is 8.42 Å². The SMILES string of the molecule is CCN(CC)c1ccc(NC(=O)c2cc(C)oc2C)cc1S(=O)(=O)Nc1ccccc1OC. The Balaban J connectivity index is 2.03. The minimum Gasteiger partial charge on any atom is -0.495 e. The van der Waals surface area contributed by atoms with Crippen LogP contribution in [0.4, 0.5) is 17.1 Å². The molecule has 2 N–H and O–H groups in total. The molecule has 0 spiro atoms. The molecule has 0 bridgehead atoms. The maximum atomic E-state index is 13.5. The van der Waals surface area contributed by atoms with E-state index in [1.54, 1.807) is 56.3 Å². The molecular formula is C24H29N3O5S. The van der Waals surface area contributed by atoms with Gasteiger partial charge in [-0.3, -0.25) is 9.52 Å². The fraction of sp³-hybridized carbons (Fsp3) is 0.292. The fourth-order valence-corrected chi connectivity index (χ4v) is 4.94. The summed E-state index contributed by atoms with van der Waals surface area (Å²) in [5.41, 5.74) is 1.62. The van der Waals surface area contributed by atoms with Crippen molar-refractivity contribution < 1.29 is 22.4 Å². The molecule has 1 aromatic heterocycles. The van der Waals surface area contributed by atoms with E-state index in [2.05, 4.69) is 10.0 Å². The summed E-state index contributed by atoms with van der Waals surface area (Å²) in [6.45, 7) is 8.61. The fourth-order valence-electron chi connectivity index (χ4n) is 3.62. The second-order valence-corrected chi connectivity index (χ2v) is 9.09. The Morgan fingerprint density at radius 1 is 1.06 bits per heavy atom. The minimum absolute atomic E-state index is 0.0509. The first-order valence-corrected chi connectivity index (χ1v) is 12.1. The van der Waals surface area contributed by atoms with Crippen LogP contribution in [0.25, 0.3) is 0 Å². The number of nitrogens with one attached hydrogen (secondary N) is 2. The van der Waals surface area contributed by atoms with E-state index in [9.17, 15) is 13.2 Å². The molecule has 0 aliphatic rings. The molecule has 0 fully saturated rings. The number of benzene rings is 2. The number of furan rings is 1. The molecule has 3 rings (SSSR count). The number of rotatable bonds is 9. The van der Waals surface area contributed by atoms with Crippen LogP contribution < -0.4 is 19.7 Å². The van der Waals surface area contributed by atoms with E-state index >= 15 is 0 Å². The first-order chi connectivity index (χ1) is 15.7. The Bertz CT molecular complexity index is 1250. The number of para-hydroxylation sites is 2. The van der Waals surface area contributed by atoms with Gasteiger partial charge in [0.15, 0.2) is 0 Å². The average molecular weight is 472 g/mol. The molecule has 33 heavy (non-hydrogen) atoms. The van der Waals surface area contributed by atoms with Gasteiger partial charge < -0.3 is 19.4 Å². The molecule has 0 aliphatic heterocycles. The van der Waals surface area contributed by atoms with E-state index in [1.807, 2.05) is 18.7 Å². The molecule has 0 unspecified atom stereocenters. The van der Waals surface area contributed by atoms with Gasteiger partial charge in [0.1, 0.15) is 22.2 Å². The number of ether oxygens (including phenoxy) is 1. The Hall–Kier alpha value is -3.46. The Labute approximate surface area is 194 Å². The zero-order valence-corrected chi connectivity index (χ0v) is 20.2. The lowest BCUT2D eigenvalue weighted by Crippen LogP contribution is -2.26. The molecule has 9 heteroatoms. The zero-order valence-electron chi connectivity index (χ0n) is 19.4. The highest BCUT2D eigenvalue weighted by Crippen LogP contribution is 2.32. The minimum atomic E-state index is -4.01. The van der Waals surface area contributed by atoms with Gasteiger partial charge in [-0.2, -0.15) is 0 Å². The third-order valence-electron chi connectivity index (χ3n) is 5.25. The van der Waals surface area contributed by atoms with E-state index in [4.69, 9.17) is 9.15 Å². The number of nitrogens with zero attached hydrogens (tertiary/aromatic N) is 1. The first kappa shape index (κ1) is 24.2. The van der Waals surface area contributed by atoms with Crippen molar-refractivity contribution >= 4 is 33.0 Å². The maximum absolute atomic E-state index is 13.5. The average Bonchev–Trinajstić information content (AvgIpc) is 3.13. The van der Waals surface area contributed by atoms with E-state index in [0.717, 1.165) is 0 Å². The normalized spacial score (nSPS) is 11.2. The molecule has 176 valence electrons. The van der Waals surface area contributed by atoms with Crippen LogP contribution in [0, 0.1) is 13.8 Å². The summed E-state index contributed by atoms with van der Waals surface area (Å²) in [6, 6.07) is 13.3. The first-order valence-electron chi connectivity index (χ1n) is 10.6. The van der Waals surface area contributed by atoms with Gasteiger partial charge in [-0.1, -0.05) is 12.1 Å². The van der Waals surface area contributed by atoms with Gasteiger partial charge in [0.05, 0.1) is 24.0 Å². The molecule has 2 aromatic carbocycles. The van der Waals surface area contributed by atoms with E-state index in [-0.39, 0.29) is 10.8 Å². The number of methoxy groups -OCH3 is 1. The number of sulfonamides is 1. The smallest absolute Gasteiger partial charge is 0.264 e. The van der Waals surface area contributed by atoms with Gasteiger partial charge in [0.25, 0.3) is 15.9 Å². The number of hydrogen-bond acceptors (Lipinski definition) is 6. The Morgan fingerprint density at radius 2 is 1.76 bits per heavy atom. The van der Waals surface area contributed by atoms with Gasteiger partial charge in [-0.15, -0.1) is 0 Å². The number of anilines is 3. The van der Waals surface area contributed by atoms with Crippen LogP contribution in [-0.2, 0) is 10.0 Å². The molecule has 8 nitrogen and oxygen atoms in total. The highest BCUT2D eigenvalue weighted by Gasteiger charge is 2.24. The molecule has 0 radical (unpaired) electrons. The van der Waals surface area contributed by atoms with Crippen LogP contribution in [0.5, 0.6) is 5.75 Å².